The van der Waals surface area contributed by atoms with Crippen molar-refractivity contribution in [2.45, 2.75) is 44.8 Å². The van der Waals surface area contributed by atoms with Crippen molar-refractivity contribution in [3.8, 4) is 0 Å². The van der Waals surface area contributed by atoms with Crippen molar-refractivity contribution in [3.05, 3.63) is 0 Å². The minimum Gasteiger partial charge on any atom is -0.393 e. The molecule has 0 radical (unpaired) electrons. The molecule has 0 aromatic carbocycles. The predicted molar refractivity (Wildman–Crippen MR) is 52.8 cm³/mol. The van der Waals surface area contributed by atoms with E-state index < -0.39 is 0 Å². The smallest absolute Gasteiger partial charge is 0.0619 e. The van der Waals surface area contributed by atoms with Gasteiger partial charge in [-0.3, -0.25) is 0 Å². The Balaban J connectivity index is 1.92. The van der Waals surface area contributed by atoms with Gasteiger partial charge >= 0.3 is 0 Å². The topological polar surface area (TPSA) is 41.5 Å². The van der Waals surface area contributed by atoms with Crippen LogP contribution in [0.15, 0.2) is 0 Å². The number of aliphatic hydroxyl groups is 1. The van der Waals surface area contributed by atoms with Crippen LogP contribution >= 0.6 is 0 Å². The van der Waals surface area contributed by atoms with Crippen LogP contribution < -0.4 is 5.32 Å². The lowest BCUT2D eigenvalue weighted by atomic mass is 10.1. The van der Waals surface area contributed by atoms with Crippen LogP contribution in [0.2, 0.25) is 0 Å². The first-order valence-corrected chi connectivity index (χ1v) is 5.28. The van der Waals surface area contributed by atoms with Gasteiger partial charge in [-0.25, -0.2) is 0 Å². The fourth-order valence-electron chi connectivity index (χ4n) is 1.55. The lowest BCUT2D eigenvalue weighted by Crippen LogP contribution is -2.37. The Labute approximate surface area is 80.5 Å². The van der Waals surface area contributed by atoms with E-state index in [9.17, 15) is 0 Å². The Bertz CT molecular complexity index is 122. The normalized spacial score (nSPS) is 25.8. The molecular formula is C10H21NO2. The second-order valence-electron chi connectivity index (χ2n) is 3.86. The van der Waals surface area contributed by atoms with Gasteiger partial charge in [-0.15, -0.1) is 0 Å². The highest BCUT2D eigenvalue weighted by atomic mass is 16.5. The van der Waals surface area contributed by atoms with Gasteiger partial charge in [0.15, 0.2) is 0 Å². The van der Waals surface area contributed by atoms with E-state index in [2.05, 4.69) is 5.32 Å². The average Bonchev–Trinajstić information content (AvgIpc) is 2.14. The summed E-state index contributed by atoms with van der Waals surface area (Å²) in [5.41, 5.74) is 0. The van der Waals surface area contributed by atoms with Crippen molar-refractivity contribution in [1.29, 1.82) is 0 Å². The Morgan fingerprint density at radius 2 is 2.38 bits per heavy atom. The zero-order chi connectivity index (χ0) is 9.52. The van der Waals surface area contributed by atoms with Crippen molar-refractivity contribution in [2.24, 2.45) is 0 Å². The van der Waals surface area contributed by atoms with Gasteiger partial charge in [0.2, 0.25) is 0 Å². The van der Waals surface area contributed by atoms with Crippen LogP contribution in [0.4, 0.5) is 0 Å². The van der Waals surface area contributed by atoms with Crippen LogP contribution in [0.25, 0.3) is 0 Å². The number of aliphatic hydroxyl groups excluding tert-OH is 1. The molecule has 2 unspecified atom stereocenters. The molecule has 1 rings (SSSR count). The first-order valence-electron chi connectivity index (χ1n) is 5.28. The lowest BCUT2D eigenvalue weighted by Gasteiger charge is -2.23. The zero-order valence-corrected chi connectivity index (χ0v) is 8.46. The third-order valence-electron chi connectivity index (χ3n) is 2.41. The molecular weight excluding hydrogens is 166 g/mol. The molecule has 0 amide bonds. The van der Waals surface area contributed by atoms with Gasteiger partial charge in [-0.1, -0.05) is 6.42 Å². The fourth-order valence-corrected chi connectivity index (χ4v) is 1.55. The molecule has 13 heavy (non-hydrogen) atoms. The van der Waals surface area contributed by atoms with Crippen LogP contribution in [-0.4, -0.2) is 37.0 Å². The standard InChI is InChI=1S/C10H21NO2/c1-9(12)5-7-13-8-10-4-2-3-6-11-10/h9-12H,2-8H2,1H3. The largest absolute Gasteiger partial charge is 0.393 e. The van der Waals surface area contributed by atoms with Crippen molar-refractivity contribution < 1.29 is 9.84 Å². The first-order chi connectivity index (χ1) is 6.29. The zero-order valence-electron chi connectivity index (χ0n) is 8.46. The summed E-state index contributed by atoms with van der Waals surface area (Å²) in [5.74, 6) is 0. The SMILES string of the molecule is CC(O)CCOCC1CCCCN1. The summed E-state index contributed by atoms with van der Waals surface area (Å²) in [7, 11) is 0. The molecule has 2 atom stereocenters. The molecule has 0 spiro atoms. The molecule has 1 aliphatic heterocycles. The lowest BCUT2D eigenvalue weighted by molar-refractivity contribution is 0.0713. The summed E-state index contributed by atoms with van der Waals surface area (Å²) >= 11 is 0. The Morgan fingerprint density at radius 3 is 3.00 bits per heavy atom. The minimum atomic E-state index is -0.237. The highest BCUT2D eigenvalue weighted by Gasteiger charge is 2.11. The van der Waals surface area contributed by atoms with Crippen molar-refractivity contribution in [2.75, 3.05) is 19.8 Å². The minimum absolute atomic E-state index is 0.237. The van der Waals surface area contributed by atoms with Crippen LogP contribution in [0.3, 0.4) is 0 Å². The second kappa shape index (κ2) is 6.35. The third-order valence-corrected chi connectivity index (χ3v) is 2.41. The summed E-state index contributed by atoms with van der Waals surface area (Å²) in [6.07, 6.45) is 4.35. The molecule has 0 bridgehead atoms. The summed E-state index contributed by atoms with van der Waals surface area (Å²) in [4.78, 5) is 0. The Kier molecular flexibility index (Phi) is 5.35. The maximum Gasteiger partial charge on any atom is 0.0619 e. The van der Waals surface area contributed by atoms with E-state index in [0.29, 0.717) is 12.6 Å². The fraction of sp³-hybridized carbons (Fsp3) is 1.00. The van der Waals surface area contributed by atoms with Crippen LogP contribution in [0.5, 0.6) is 0 Å². The molecule has 1 saturated heterocycles. The molecule has 2 N–H and O–H groups in total. The molecule has 0 aliphatic carbocycles. The summed E-state index contributed by atoms with van der Waals surface area (Å²) < 4.78 is 5.46. The maximum atomic E-state index is 8.99. The van der Waals surface area contributed by atoms with Crippen molar-refractivity contribution in [1.82, 2.24) is 5.32 Å². The number of piperidine rings is 1. The number of nitrogens with one attached hydrogen (secondary N) is 1. The summed E-state index contributed by atoms with van der Waals surface area (Å²) in [6, 6.07) is 0.544. The van der Waals surface area contributed by atoms with Crippen molar-refractivity contribution >= 4 is 0 Å². The monoisotopic (exact) mass is 187 g/mol. The average molecular weight is 187 g/mol. The highest BCUT2D eigenvalue weighted by Crippen LogP contribution is 2.07. The van der Waals surface area contributed by atoms with Gasteiger partial charge in [0.05, 0.1) is 12.7 Å². The predicted octanol–water partition coefficient (Wildman–Crippen LogP) is 0.916. The Morgan fingerprint density at radius 1 is 1.54 bits per heavy atom. The van der Waals surface area contributed by atoms with E-state index in [4.69, 9.17) is 9.84 Å². The number of hydrogen-bond donors (Lipinski definition) is 2. The van der Waals surface area contributed by atoms with E-state index in [0.717, 1.165) is 19.6 Å². The Hall–Kier alpha value is -0.120. The van der Waals surface area contributed by atoms with Crippen molar-refractivity contribution in [3.63, 3.8) is 0 Å². The van der Waals surface area contributed by atoms with Gasteiger partial charge in [-0.05, 0) is 32.7 Å². The molecule has 0 saturated carbocycles. The van der Waals surface area contributed by atoms with Gasteiger partial charge in [0, 0.05) is 12.6 Å². The molecule has 1 fully saturated rings. The summed E-state index contributed by atoms with van der Waals surface area (Å²) in [5, 5.41) is 12.4. The molecule has 78 valence electrons. The molecule has 1 heterocycles. The van der Waals surface area contributed by atoms with E-state index in [1.54, 1.807) is 6.92 Å². The molecule has 0 aromatic heterocycles. The van der Waals surface area contributed by atoms with Gasteiger partial charge in [0.25, 0.3) is 0 Å². The third kappa shape index (κ3) is 5.24. The van der Waals surface area contributed by atoms with Gasteiger partial charge in [-0.2, -0.15) is 0 Å². The molecule has 3 nitrogen and oxygen atoms in total. The maximum absolute atomic E-state index is 8.99. The second-order valence-corrected chi connectivity index (χ2v) is 3.86. The van der Waals surface area contributed by atoms with E-state index in [1.807, 2.05) is 0 Å². The van der Waals surface area contributed by atoms with Crippen LogP contribution in [-0.2, 0) is 4.74 Å². The first kappa shape index (κ1) is 11.0. The van der Waals surface area contributed by atoms with Crippen LogP contribution in [0.1, 0.15) is 32.6 Å². The summed E-state index contributed by atoms with van der Waals surface area (Å²) in [6.45, 7) is 4.40. The highest BCUT2D eigenvalue weighted by molar-refractivity contribution is 4.71. The molecule has 1 aliphatic rings. The quantitative estimate of drug-likeness (QED) is 0.629. The molecule has 0 aromatic rings. The molecule has 3 heteroatoms. The van der Waals surface area contributed by atoms with E-state index in [-0.39, 0.29) is 6.10 Å². The van der Waals surface area contributed by atoms with Crippen LogP contribution in [0, 0.1) is 0 Å². The number of hydrogen-bond acceptors (Lipinski definition) is 3. The van der Waals surface area contributed by atoms with Gasteiger partial charge in [0.1, 0.15) is 0 Å². The van der Waals surface area contributed by atoms with E-state index >= 15 is 0 Å². The number of ether oxygens (including phenoxy) is 1. The van der Waals surface area contributed by atoms with E-state index in [1.165, 1.54) is 19.3 Å². The van der Waals surface area contributed by atoms with Gasteiger partial charge < -0.3 is 15.2 Å². The number of rotatable bonds is 5.